The van der Waals surface area contributed by atoms with Crippen LogP contribution < -0.4 is 10.4 Å². The zero-order valence-electron chi connectivity index (χ0n) is 10.1. The molecule has 0 aromatic heterocycles. The van der Waals surface area contributed by atoms with Gasteiger partial charge in [-0.2, -0.15) is 0 Å². The van der Waals surface area contributed by atoms with Gasteiger partial charge in [0.2, 0.25) is 0 Å². The van der Waals surface area contributed by atoms with E-state index in [4.69, 9.17) is 8.85 Å². The summed E-state index contributed by atoms with van der Waals surface area (Å²) in [5, 5.41) is 2.65. The molecule has 0 atom stereocenters. The van der Waals surface area contributed by atoms with Gasteiger partial charge in [0.1, 0.15) is 0 Å². The van der Waals surface area contributed by atoms with Crippen LogP contribution in [0.25, 0.3) is 0 Å². The molecule has 2 nitrogen and oxygen atoms in total. The maximum atomic E-state index is 5.50. The smallest absolute Gasteiger partial charge is 0.368 e. The molecule has 1 aromatic carbocycles. The van der Waals surface area contributed by atoms with E-state index < -0.39 is 8.56 Å². The highest BCUT2D eigenvalue weighted by Gasteiger charge is 2.31. The molecule has 0 unspecified atom stereocenters. The van der Waals surface area contributed by atoms with E-state index in [1.54, 1.807) is 14.2 Å². The van der Waals surface area contributed by atoms with Crippen LogP contribution in [0.1, 0.15) is 0 Å². The van der Waals surface area contributed by atoms with Crippen molar-refractivity contribution in [3.05, 3.63) is 24.3 Å². The second-order valence-corrected chi connectivity index (χ2v) is 9.79. The molecule has 0 fully saturated rings. The van der Waals surface area contributed by atoms with Crippen LogP contribution in [0, 0.1) is 0 Å². The van der Waals surface area contributed by atoms with E-state index in [1.807, 2.05) is 0 Å². The summed E-state index contributed by atoms with van der Waals surface area (Å²) in [6.45, 7) is 6.65. The summed E-state index contributed by atoms with van der Waals surface area (Å²) >= 11 is 0. The van der Waals surface area contributed by atoms with E-state index in [2.05, 4.69) is 43.9 Å². The predicted octanol–water partition coefficient (Wildman–Crippen LogP) is 1.22. The van der Waals surface area contributed by atoms with Crippen molar-refractivity contribution in [2.45, 2.75) is 19.6 Å². The van der Waals surface area contributed by atoms with E-state index in [-0.39, 0.29) is 8.80 Å². The quantitative estimate of drug-likeness (QED) is 0.736. The Labute approximate surface area is 95.1 Å². The highest BCUT2D eigenvalue weighted by atomic mass is 28.4. The first kappa shape index (κ1) is 12.6. The molecule has 0 N–H and O–H groups in total. The van der Waals surface area contributed by atoms with Gasteiger partial charge in [0.25, 0.3) is 0 Å². The summed E-state index contributed by atoms with van der Waals surface area (Å²) in [5.74, 6) is 0. The SMILES string of the molecule is CO[Si](C)(OC)c1ccc([Si](C)C)cc1. The van der Waals surface area contributed by atoms with Crippen molar-refractivity contribution < 1.29 is 8.85 Å². The van der Waals surface area contributed by atoms with Gasteiger partial charge in [-0.1, -0.05) is 42.5 Å². The van der Waals surface area contributed by atoms with E-state index in [9.17, 15) is 0 Å². The van der Waals surface area contributed by atoms with Crippen LogP contribution in [0.4, 0.5) is 0 Å². The van der Waals surface area contributed by atoms with Crippen LogP contribution in [0.15, 0.2) is 24.3 Å². The Morgan fingerprint density at radius 3 is 1.80 bits per heavy atom. The minimum absolute atomic E-state index is 0.353. The average Bonchev–Trinajstić information content (AvgIpc) is 2.28. The zero-order valence-corrected chi connectivity index (χ0v) is 12.1. The molecular weight excluding hydrogens is 220 g/mol. The normalized spacial score (nSPS) is 12.1. The van der Waals surface area contributed by atoms with Gasteiger partial charge < -0.3 is 8.85 Å². The molecule has 1 aromatic rings. The van der Waals surface area contributed by atoms with Crippen LogP contribution in [0.2, 0.25) is 19.6 Å². The van der Waals surface area contributed by atoms with Gasteiger partial charge in [-0.3, -0.25) is 0 Å². The summed E-state index contributed by atoms with van der Waals surface area (Å²) in [7, 11) is 0.969. The van der Waals surface area contributed by atoms with E-state index in [0.717, 1.165) is 0 Å². The Hall–Kier alpha value is -0.426. The lowest BCUT2D eigenvalue weighted by atomic mass is 10.4. The van der Waals surface area contributed by atoms with Crippen molar-refractivity contribution in [3.8, 4) is 0 Å². The van der Waals surface area contributed by atoms with Gasteiger partial charge in [0.05, 0.1) is 8.80 Å². The molecule has 0 amide bonds. The lowest BCUT2D eigenvalue weighted by molar-refractivity contribution is 0.265. The fourth-order valence-electron chi connectivity index (χ4n) is 1.43. The average molecular weight is 239 g/mol. The summed E-state index contributed by atoms with van der Waals surface area (Å²) in [6, 6.07) is 8.69. The standard InChI is InChI=1S/C11H19O2Si2/c1-12-15(5,13-2)11-8-6-10(7-9-11)14(3)4/h6-9H,1-5H3. The van der Waals surface area contributed by atoms with Crippen LogP contribution in [-0.4, -0.2) is 31.6 Å². The Kier molecular flexibility index (Phi) is 4.27. The second-order valence-electron chi connectivity index (χ2n) is 3.93. The van der Waals surface area contributed by atoms with Crippen molar-refractivity contribution >= 4 is 27.7 Å². The molecule has 0 aliphatic carbocycles. The van der Waals surface area contributed by atoms with Crippen molar-refractivity contribution in [2.24, 2.45) is 0 Å². The van der Waals surface area contributed by atoms with E-state index in [0.29, 0.717) is 0 Å². The number of hydrogen-bond donors (Lipinski definition) is 0. The van der Waals surface area contributed by atoms with Gasteiger partial charge in [-0.15, -0.1) is 0 Å². The topological polar surface area (TPSA) is 18.5 Å². The van der Waals surface area contributed by atoms with Gasteiger partial charge in [-0.05, 0) is 11.7 Å². The fraction of sp³-hybridized carbons (Fsp3) is 0.455. The number of hydrogen-bond acceptors (Lipinski definition) is 2. The summed E-state index contributed by atoms with van der Waals surface area (Å²) < 4.78 is 11.0. The molecule has 0 aliphatic rings. The zero-order chi connectivity index (χ0) is 11.5. The highest BCUT2D eigenvalue weighted by molar-refractivity contribution is 6.80. The molecule has 0 heterocycles. The second kappa shape index (κ2) is 5.07. The molecule has 0 spiro atoms. The van der Waals surface area contributed by atoms with Crippen LogP contribution in [0.5, 0.6) is 0 Å². The van der Waals surface area contributed by atoms with E-state index in [1.165, 1.54) is 10.4 Å². The van der Waals surface area contributed by atoms with Crippen LogP contribution in [0.3, 0.4) is 0 Å². The molecule has 1 rings (SSSR count). The minimum Gasteiger partial charge on any atom is -0.394 e. The van der Waals surface area contributed by atoms with Gasteiger partial charge in [0, 0.05) is 14.2 Å². The maximum absolute atomic E-state index is 5.50. The van der Waals surface area contributed by atoms with Gasteiger partial charge in [0.15, 0.2) is 0 Å². The van der Waals surface area contributed by atoms with Crippen molar-refractivity contribution in [3.63, 3.8) is 0 Å². The first-order valence-corrected chi connectivity index (χ1v) is 9.86. The molecule has 0 saturated carbocycles. The highest BCUT2D eigenvalue weighted by Crippen LogP contribution is 2.04. The maximum Gasteiger partial charge on any atom is 0.368 e. The molecule has 15 heavy (non-hydrogen) atoms. The molecule has 4 heteroatoms. The van der Waals surface area contributed by atoms with Gasteiger partial charge >= 0.3 is 8.56 Å². The van der Waals surface area contributed by atoms with E-state index >= 15 is 0 Å². The third kappa shape index (κ3) is 2.78. The molecule has 0 bridgehead atoms. The molecule has 83 valence electrons. The Balaban J connectivity index is 2.97. The lowest BCUT2D eigenvalue weighted by Gasteiger charge is -2.23. The molecular formula is C11H19O2Si2. The first-order valence-electron chi connectivity index (χ1n) is 5.05. The fourth-order valence-corrected chi connectivity index (χ4v) is 3.67. The third-order valence-corrected chi connectivity index (χ3v) is 7.19. The minimum atomic E-state index is -2.12. The molecule has 1 radical (unpaired) electrons. The van der Waals surface area contributed by atoms with Crippen molar-refractivity contribution in [1.82, 2.24) is 0 Å². The Bertz CT molecular complexity index is 305. The summed E-state index contributed by atoms with van der Waals surface area (Å²) in [6.07, 6.45) is 0. The Morgan fingerprint density at radius 1 is 1.00 bits per heavy atom. The van der Waals surface area contributed by atoms with Crippen molar-refractivity contribution in [1.29, 1.82) is 0 Å². The monoisotopic (exact) mass is 239 g/mol. The van der Waals surface area contributed by atoms with Crippen molar-refractivity contribution in [2.75, 3.05) is 14.2 Å². The van der Waals surface area contributed by atoms with Gasteiger partial charge in [-0.25, -0.2) is 0 Å². The lowest BCUT2D eigenvalue weighted by Crippen LogP contribution is -2.49. The number of rotatable bonds is 4. The summed E-state index contributed by atoms with van der Waals surface area (Å²) in [4.78, 5) is 0. The number of benzene rings is 1. The first-order chi connectivity index (χ1) is 7.03. The predicted molar refractivity (Wildman–Crippen MR) is 68.8 cm³/mol. The Morgan fingerprint density at radius 2 is 1.47 bits per heavy atom. The van der Waals surface area contributed by atoms with Crippen LogP contribution >= 0.6 is 0 Å². The largest absolute Gasteiger partial charge is 0.394 e. The molecule has 0 aliphatic heterocycles. The molecule has 0 saturated heterocycles. The summed E-state index contributed by atoms with van der Waals surface area (Å²) in [5.41, 5.74) is 0. The van der Waals surface area contributed by atoms with Crippen LogP contribution in [-0.2, 0) is 8.85 Å². The third-order valence-electron chi connectivity index (χ3n) is 2.77.